The molecular weight excluding hydrogens is 332 g/mol. The highest BCUT2D eigenvalue weighted by atomic mass is 32.2. The van der Waals surface area contributed by atoms with Crippen LogP contribution in [0.15, 0.2) is 29.2 Å². The Bertz CT molecular complexity index is 575. The van der Waals surface area contributed by atoms with Gasteiger partial charge in [0.25, 0.3) is 0 Å². The molecule has 4 nitrogen and oxygen atoms in total. The zero-order valence-corrected chi connectivity index (χ0v) is 16.6. The van der Waals surface area contributed by atoms with Gasteiger partial charge >= 0.3 is 0 Å². The fraction of sp³-hybridized carbons (Fsp3) is 0.700. The average Bonchev–Trinajstić information content (AvgIpc) is 2.59. The molecule has 0 spiro atoms. The van der Waals surface area contributed by atoms with Gasteiger partial charge in [0, 0.05) is 49.6 Å². The molecule has 0 saturated carbocycles. The normalized spacial score (nSPS) is 28.2. The second kappa shape index (κ2) is 7.97. The number of hydrogen-bond donors (Lipinski definition) is 1. The smallest absolute Gasteiger partial charge is 0.0849 e. The number of aliphatic hydroxyl groups is 1. The summed E-state index contributed by atoms with van der Waals surface area (Å²) >= 11 is 1.79. The summed E-state index contributed by atoms with van der Waals surface area (Å²) in [6.07, 6.45) is 2.95. The minimum absolute atomic E-state index is 0.124. The summed E-state index contributed by atoms with van der Waals surface area (Å²) in [5.41, 5.74) is 0.615. The van der Waals surface area contributed by atoms with Crippen LogP contribution in [0.1, 0.15) is 25.8 Å². The number of ether oxygens (including phenoxy) is 1. The maximum Gasteiger partial charge on any atom is 0.0849 e. The third kappa shape index (κ3) is 4.58. The fourth-order valence-electron chi connectivity index (χ4n) is 4.05. The maximum atomic E-state index is 11.4. The monoisotopic (exact) mass is 364 g/mol. The first-order valence-electron chi connectivity index (χ1n) is 9.30. The Kier molecular flexibility index (Phi) is 6.11. The van der Waals surface area contributed by atoms with Crippen molar-refractivity contribution >= 4 is 11.8 Å². The molecule has 0 bridgehead atoms. The summed E-state index contributed by atoms with van der Waals surface area (Å²) in [6, 6.07) is 8.80. The molecule has 2 aliphatic heterocycles. The molecule has 0 amide bonds. The summed E-state index contributed by atoms with van der Waals surface area (Å²) in [4.78, 5) is 6.17. The van der Waals surface area contributed by atoms with Crippen LogP contribution in [0.4, 0.5) is 0 Å². The van der Waals surface area contributed by atoms with Crippen molar-refractivity contribution in [3.05, 3.63) is 29.8 Å². The van der Waals surface area contributed by atoms with Crippen molar-refractivity contribution in [3.8, 4) is 0 Å². The number of β-amino-alcohol motifs (C(OH)–C–C–N with tert-alkyl or cyclic N) is 1. The van der Waals surface area contributed by atoms with Gasteiger partial charge in [0.05, 0.1) is 18.8 Å². The lowest BCUT2D eigenvalue weighted by Crippen LogP contribution is -2.62. The van der Waals surface area contributed by atoms with E-state index >= 15 is 0 Å². The maximum absolute atomic E-state index is 11.4. The molecule has 1 N–H and O–H groups in total. The van der Waals surface area contributed by atoms with Crippen LogP contribution in [0.5, 0.6) is 0 Å². The Morgan fingerprint density at radius 2 is 1.92 bits per heavy atom. The number of benzene rings is 1. The molecular formula is C20H32N2O2S. The minimum Gasteiger partial charge on any atom is -0.388 e. The summed E-state index contributed by atoms with van der Waals surface area (Å²) in [5.74, 6) is 0. The third-order valence-electron chi connectivity index (χ3n) is 5.85. The van der Waals surface area contributed by atoms with Gasteiger partial charge in [-0.15, -0.1) is 11.8 Å². The predicted octanol–water partition coefficient (Wildman–Crippen LogP) is 2.70. The van der Waals surface area contributed by atoms with Crippen molar-refractivity contribution in [2.75, 3.05) is 52.2 Å². The van der Waals surface area contributed by atoms with Crippen molar-refractivity contribution in [2.24, 2.45) is 5.41 Å². The Hall–Kier alpha value is -0.590. The summed E-state index contributed by atoms with van der Waals surface area (Å²) in [7, 11) is 0. The zero-order valence-electron chi connectivity index (χ0n) is 15.8. The van der Waals surface area contributed by atoms with E-state index in [4.69, 9.17) is 4.74 Å². The Morgan fingerprint density at radius 3 is 2.60 bits per heavy atom. The standard InChI is InChI=1S/C20H32N2O2S/c1-19(2)15-22(14-17-5-4-6-18(13-17)25-3)8-7-20(19,23)16-21-9-11-24-12-10-21/h4-6,13,23H,7-12,14-16H2,1-3H3/t20-/m0/s1. The number of rotatable bonds is 5. The SMILES string of the molecule is CSc1cccc(CN2CC[C@](O)(CN3CCOCC3)C(C)(C)C2)c1. The summed E-state index contributed by atoms with van der Waals surface area (Å²) in [6.45, 7) is 11.5. The molecule has 5 heteroatoms. The van der Waals surface area contributed by atoms with Gasteiger partial charge in [0.2, 0.25) is 0 Å². The van der Waals surface area contributed by atoms with E-state index in [0.717, 1.165) is 58.9 Å². The Morgan fingerprint density at radius 1 is 1.16 bits per heavy atom. The van der Waals surface area contributed by atoms with Gasteiger partial charge < -0.3 is 9.84 Å². The summed E-state index contributed by atoms with van der Waals surface area (Å²) < 4.78 is 5.44. The number of hydrogen-bond acceptors (Lipinski definition) is 5. The molecule has 2 heterocycles. The highest BCUT2D eigenvalue weighted by molar-refractivity contribution is 7.98. The highest BCUT2D eigenvalue weighted by Crippen LogP contribution is 2.40. The molecule has 1 atom stereocenters. The Labute approximate surface area is 156 Å². The molecule has 2 saturated heterocycles. The summed E-state index contributed by atoms with van der Waals surface area (Å²) in [5, 5.41) is 11.4. The second-order valence-electron chi connectivity index (χ2n) is 8.12. The molecule has 1 aromatic rings. The third-order valence-corrected chi connectivity index (χ3v) is 6.57. The van der Waals surface area contributed by atoms with Crippen LogP contribution < -0.4 is 0 Å². The van der Waals surface area contributed by atoms with E-state index in [1.807, 2.05) is 0 Å². The van der Waals surface area contributed by atoms with Crippen molar-refractivity contribution in [1.29, 1.82) is 0 Å². The van der Waals surface area contributed by atoms with E-state index in [1.165, 1.54) is 10.5 Å². The molecule has 0 radical (unpaired) electrons. The zero-order chi connectivity index (χ0) is 17.9. The van der Waals surface area contributed by atoms with Crippen LogP contribution in [-0.2, 0) is 11.3 Å². The molecule has 0 aromatic heterocycles. The fourth-order valence-corrected chi connectivity index (χ4v) is 4.54. The molecule has 2 fully saturated rings. The van der Waals surface area contributed by atoms with Crippen LogP contribution >= 0.6 is 11.8 Å². The van der Waals surface area contributed by atoms with Crippen molar-refractivity contribution in [2.45, 2.75) is 37.3 Å². The first kappa shape index (κ1) is 19.2. The van der Waals surface area contributed by atoms with Gasteiger partial charge in [-0.25, -0.2) is 0 Å². The molecule has 2 aliphatic rings. The largest absolute Gasteiger partial charge is 0.388 e. The Balaban J connectivity index is 1.62. The first-order chi connectivity index (χ1) is 11.9. The van der Waals surface area contributed by atoms with E-state index < -0.39 is 5.60 Å². The van der Waals surface area contributed by atoms with Crippen LogP contribution in [0.2, 0.25) is 0 Å². The van der Waals surface area contributed by atoms with Gasteiger partial charge in [-0.2, -0.15) is 0 Å². The first-order valence-corrected chi connectivity index (χ1v) is 10.5. The van der Waals surface area contributed by atoms with Crippen molar-refractivity contribution in [3.63, 3.8) is 0 Å². The lowest BCUT2D eigenvalue weighted by molar-refractivity contribution is -0.140. The second-order valence-corrected chi connectivity index (χ2v) is 9.00. The number of nitrogens with zero attached hydrogens (tertiary/aromatic N) is 2. The molecule has 3 rings (SSSR count). The van der Waals surface area contributed by atoms with E-state index in [1.54, 1.807) is 11.8 Å². The van der Waals surface area contributed by atoms with Gasteiger partial charge in [-0.05, 0) is 30.4 Å². The van der Waals surface area contributed by atoms with Gasteiger partial charge in [0.15, 0.2) is 0 Å². The van der Waals surface area contributed by atoms with Crippen LogP contribution in [0, 0.1) is 5.41 Å². The van der Waals surface area contributed by atoms with Crippen LogP contribution in [-0.4, -0.2) is 72.7 Å². The lowest BCUT2D eigenvalue weighted by atomic mass is 9.69. The van der Waals surface area contributed by atoms with Crippen molar-refractivity contribution < 1.29 is 9.84 Å². The lowest BCUT2D eigenvalue weighted by Gasteiger charge is -2.52. The van der Waals surface area contributed by atoms with E-state index in [0.29, 0.717) is 0 Å². The molecule has 1 aromatic carbocycles. The number of likely N-dealkylation sites (tertiary alicyclic amines) is 1. The quantitative estimate of drug-likeness (QED) is 0.813. The van der Waals surface area contributed by atoms with Gasteiger partial charge in [0.1, 0.15) is 0 Å². The molecule has 0 unspecified atom stereocenters. The van der Waals surface area contributed by atoms with Crippen LogP contribution in [0.25, 0.3) is 0 Å². The molecule has 0 aliphatic carbocycles. The van der Waals surface area contributed by atoms with E-state index in [-0.39, 0.29) is 5.41 Å². The van der Waals surface area contributed by atoms with E-state index in [2.05, 4.69) is 54.2 Å². The topological polar surface area (TPSA) is 35.9 Å². The predicted molar refractivity (Wildman–Crippen MR) is 104 cm³/mol. The number of morpholine rings is 1. The number of thioether (sulfide) groups is 1. The number of piperidine rings is 1. The van der Waals surface area contributed by atoms with Crippen LogP contribution in [0.3, 0.4) is 0 Å². The van der Waals surface area contributed by atoms with Gasteiger partial charge in [-0.3, -0.25) is 9.80 Å². The molecule has 25 heavy (non-hydrogen) atoms. The van der Waals surface area contributed by atoms with Gasteiger partial charge in [-0.1, -0.05) is 26.0 Å². The van der Waals surface area contributed by atoms with E-state index in [9.17, 15) is 5.11 Å². The molecule has 140 valence electrons. The minimum atomic E-state index is -0.623. The van der Waals surface area contributed by atoms with Crippen molar-refractivity contribution in [1.82, 2.24) is 9.80 Å². The average molecular weight is 365 g/mol. The highest BCUT2D eigenvalue weighted by Gasteiger charge is 2.48.